The largest absolute Gasteiger partial charge is 0.367 e. The van der Waals surface area contributed by atoms with Crippen LogP contribution in [0.5, 0.6) is 0 Å². The van der Waals surface area contributed by atoms with Gasteiger partial charge in [-0.1, -0.05) is 0 Å². The molecule has 5 heteroatoms. The summed E-state index contributed by atoms with van der Waals surface area (Å²) in [5, 5.41) is 3.43. The fourth-order valence-electron chi connectivity index (χ4n) is 2.72. The Bertz CT molecular complexity index is 410. The molecule has 1 aromatic rings. The molecular formula is C14H23N5. The first kappa shape index (κ1) is 12.7. The summed E-state index contributed by atoms with van der Waals surface area (Å²) in [5.41, 5.74) is 5.63. The average molecular weight is 261 g/mol. The standard InChI is InChI=1S/C14H23N5/c15-6-3-11-4-7-19(8-5-11)14-9-13(16-10-17-14)18-12-1-2-12/h9-12H,1-8,15H2,(H,16,17,18). The van der Waals surface area contributed by atoms with Crippen LogP contribution in [-0.2, 0) is 0 Å². The first-order chi connectivity index (χ1) is 9.35. The number of nitrogens with two attached hydrogens (primary N) is 1. The Hall–Kier alpha value is -1.36. The lowest BCUT2D eigenvalue weighted by atomic mass is 9.94. The van der Waals surface area contributed by atoms with Gasteiger partial charge < -0.3 is 16.0 Å². The molecule has 0 spiro atoms. The Morgan fingerprint density at radius 3 is 2.68 bits per heavy atom. The highest BCUT2D eigenvalue weighted by Crippen LogP contribution is 2.27. The molecular weight excluding hydrogens is 238 g/mol. The Morgan fingerprint density at radius 1 is 1.21 bits per heavy atom. The molecule has 2 heterocycles. The molecule has 0 unspecified atom stereocenters. The van der Waals surface area contributed by atoms with Gasteiger partial charge in [-0.2, -0.15) is 0 Å². The highest BCUT2D eigenvalue weighted by molar-refractivity contribution is 5.49. The zero-order valence-corrected chi connectivity index (χ0v) is 11.4. The molecule has 0 bridgehead atoms. The van der Waals surface area contributed by atoms with E-state index in [-0.39, 0.29) is 0 Å². The lowest BCUT2D eigenvalue weighted by Gasteiger charge is -2.32. The Balaban J connectivity index is 1.59. The van der Waals surface area contributed by atoms with Crippen LogP contribution in [0, 0.1) is 5.92 Å². The SMILES string of the molecule is NCCC1CCN(c2cc(NC3CC3)ncn2)CC1. The van der Waals surface area contributed by atoms with E-state index >= 15 is 0 Å². The van der Waals surface area contributed by atoms with Crippen LogP contribution in [0.3, 0.4) is 0 Å². The molecule has 19 heavy (non-hydrogen) atoms. The molecule has 3 rings (SSSR count). The van der Waals surface area contributed by atoms with E-state index < -0.39 is 0 Å². The van der Waals surface area contributed by atoms with Gasteiger partial charge in [0.25, 0.3) is 0 Å². The van der Waals surface area contributed by atoms with Gasteiger partial charge in [-0.25, -0.2) is 9.97 Å². The number of nitrogens with zero attached hydrogens (tertiary/aromatic N) is 3. The fraction of sp³-hybridized carbons (Fsp3) is 0.714. The van der Waals surface area contributed by atoms with E-state index in [0.29, 0.717) is 6.04 Å². The number of piperidine rings is 1. The van der Waals surface area contributed by atoms with Crippen LogP contribution in [-0.4, -0.2) is 35.6 Å². The smallest absolute Gasteiger partial charge is 0.134 e. The molecule has 3 N–H and O–H groups in total. The molecule has 2 aliphatic rings. The summed E-state index contributed by atoms with van der Waals surface area (Å²) >= 11 is 0. The van der Waals surface area contributed by atoms with E-state index in [1.807, 2.05) is 0 Å². The highest BCUT2D eigenvalue weighted by atomic mass is 15.2. The minimum atomic E-state index is 0.637. The fourth-order valence-corrected chi connectivity index (χ4v) is 2.72. The lowest BCUT2D eigenvalue weighted by Crippen LogP contribution is -2.34. The maximum Gasteiger partial charge on any atom is 0.134 e. The highest BCUT2D eigenvalue weighted by Gasteiger charge is 2.23. The molecule has 1 aliphatic heterocycles. The summed E-state index contributed by atoms with van der Waals surface area (Å²) in [4.78, 5) is 11.1. The Kier molecular flexibility index (Phi) is 3.82. The summed E-state index contributed by atoms with van der Waals surface area (Å²) in [6.07, 6.45) is 7.82. The molecule has 1 aliphatic carbocycles. The van der Waals surface area contributed by atoms with E-state index in [1.165, 1.54) is 25.7 Å². The van der Waals surface area contributed by atoms with Gasteiger partial charge in [-0.15, -0.1) is 0 Å². The second-order valence-corrected chi connectivity index (χ2v) is 5.69. The Morgan fingerprint density at radius 2 is 2.00 bits per heavy atom. The monoisotopic (exact) mass is 261 g/mol. The molecule has 5 nitrogen and oxygen atoms in total. The van der Waals surface area contributed by atoms with E-state index in [1.54, 1.807) is 6.33 Å². The maximum absolute atomic E-state index is 5.63. The van der Waals surface area contributed by atoms with Crippen molar-refractivity contribution in [3.05, 3.63) is 12.4 Å². The zero-order valence-electron chi connectivity index (χ0n) is 11.4. The van der Waals surface area contributed by atoms with Gasteiger partial charge in [-0.3, -0.25) is 0 Å². The Labute approximate surface area is 114 Å². The molecule has 0 aromatic carbocycles. The van der Waals surface area contributed by atoms with Crippen LogP contribution < -0.4 is 16.0 Å². The van der Waals surface area contributed by atoms with Gasteiger partial charge in [-0.05, 0) is 44.6 Å². The third-order valence-corrected chi connectivity index (χ3v) is 4.10. The lowest BCUT2D eigenvalue weighted by molar-refractivity contribution is 0.385. The van der Waals surface area contributed by atoms with Crippen molar-refractivity contribution in [3.8, 4) is 0 Å². The third kappa shape index (κ3) is 3.35. The van der Waals surface area contributed by atoms with E-state index in [4.69, 9.17) is 5.73 Å². The molecule has 0 amide bonds. The first-order valence-electron chi connectivity index (χ1n) is 7.39. The molecule has 0 atom stereocenters. The molecule has 1 saturated carbocycles. The van der Waals surface area contributed by atoms with Crippen molar-refractivity contribution in [1.29, 1.82) is 0 Å². The van der Waals surface area contributed by atoms with Crippen LogP contribution in [0.15, 0.2) is 12.4 Å². The van der Waals surface area contributed by atoms with E-state index in [2.05, 4.69) is 26.3 Å². The maximum atomic E-state index is 5.63. The predicted molar refractivity (Wildman–Crippen MR) is 77.3 cm³/mol. The third-order valence-electron chi connectivity index (χ3n) is 4.10. The van der Waals surface area contributed by atoms with Gasteiger partial charge in [0.1, 0.15) is 18.0 Å². The molecule has 1 saturated heterocycles. The zero-order chi connectivity index (χ0) is 13.1. The van der Waals surface area contributed by atoms with Crippen molar-refractivity contribution >= 4 is 11.6 Å². The first-order valence-corrected chi connectivity index (χ1v) is 7.39. The quantitative estimate of drug-likeness (QED) is 0.843. The van der Waals surface area contributed by atoms with Crippen LogP contribution >= 0.6 is 0 Å². The van der Waals surface area contributed by atoms with Gasteiger partial charge in [0, 0.05) is 25.2 Å². The van der Waals surface area contributed by atoms with Crippen LogP contribution in [0.2, 0.25) is 0 Å². The summed E-state index contributed by atoms with van der Waals surface area (Å²) in [6, 6.07) is 2.72. The summed E-state index contributed by atoms with van der Waals surface area (Å²) in [6.45, 7) is 2.99. The van der Waals surface area contributed by atoms with E-state index in [0.717, 1.165) is 43.6 Å². The van der Waals surface area contributed by atoms with Crippen molar-refractivity contribution in [2.24, 2.45) is 11.7 Å². The molecule has 1 aromatic heterocycles. The predicted octanol–water partition coefficient (Wildman–Crippen LogP) is 1.62. The number of hydrogen-bond donors (Lipinski definition) is 2. The number of hydrogen-bond acceptors (Lipinski definition) is 5. The molecule has 0 radical (unpaired) electrons. The van der Waals surface area contributed by atoms with Crippen molar-refractivity contribution in [2.75, 3.05) is 29.9 Å². The summed E-state index contributed by atoms with van der Waals surface area (Å²) in [7, 11) is 0. The minimum absolute atomic E-state index is 0.637. The van der Waals surface area contributed by atoms with Crippen molar-refractivity contribution < 1.29 is 0 Å². The second kappa shape index (κ2) is 5.74. The topological polar surface area (TPSA) is 67.1 Å². The van der Waals surface area contributed by atoms with E-state index in [9.17, 15) is 0 Å². The minimum Gasteiger partial charge on any atom is -0.367 e. The van der Waals surface area contributed by atoms with Gasteiger partial charge in [0.15, 0.2) is 0 Å². The molecule has 2 fully saturated rings. The van der Waals surface area contributed by atoms with Crippen molar-refractivity contribution in [3.63, 3.8) is 0 Å². The van der Waals surface area contributed by atoms with Crippen LogP contribution in [0.4, 0.5) is 11.6 Å². The van der Waals surface area contributed by atoms with Gasteiger partial charge >= 0.3 is 0 Å². The van der Waals surface area contributed by atoms with Crippen molar-refractivity contribution in [2.45, 2.75) is 38.1 Å². The van der Waals surface area contributed by atoms with Gasteiger partial charge in [0.2, 0.25) is 0 Å². The average Bonchev–Trinajstić information content (AvgIpc) is 3.24. The molecule has 104 valence electrons. The van der Waals surface area contributed by atoms with Crippen LogP contribution in [0.25, 0.3) is 0 Å². The van der Waals surface area contributed by atoms with Crippen molar-refractivity contribution in [1.82, 2.24) is 9.97 Å². The normalized spacial score (nSPS) is 20.6. The second-order valence-electron chi connectivity index (χ2n) is 5.69. The summed E-state index contributed by atoms with van der Waals surface area (Å²) in [5.74, 6) is 2.83. The van der Waals surface area contributed by atoms with Crippen LogP contribution in [0.1, 0.15) is 32.1 Å². The number of rotatable bonds is 5. The summed E-state index contributed by atoms with van der Waals surface area (Å²) < 4.78 is 0. The van der Waals surface area contributed by atoms with Gasteiger partial charge in [0.05, 0.1) is 0 Å². The number of anilines is 2. The number of nitrogens with one attached hydrogen (secondary N) is 1. The number of aromatic nitrogens is 2.